The van der Waals surface area contributed by atoms with Crippen molar-refractivity contribution < 1.29 is 9.16 Å². The predicted octanol–water partition coefficient (Wildman–Crippen LogP) is 0.889. The third-order valence-corrected chi connectivity index (χ3v) is 3.71. The quantitative estimate of drug-likeness (QED) is 0.456. The highest BCUT2D eigenvalue weighted by molar-refractivity contribution is 6.48. The maximum atomic E-state index is 5.35. The molecule has 0 aliphatic rings. The van der Waals surface area contributed by atoms with E-state index < -0.39 is 9.20 Å². The van der Waals surface area contributed by atoms with Gasteiger partial charge in [0.05, 0.1) is 0 Å². The fraction of sp³-hybridized carbons (Fsp3) is 1.00. The molecule has 0 spiro atoms. The van der Waals surface area contributed by atoms with Crippen LogP contribution in [0.4, 0.5) is 0 Å². The van der Waals surface area contributed by atoms with Gasteiger partial charge in [0, 0.05) is 26.4 Å². The van der Waals surface area contributed by atoms with E-state index in [-0.39, 0.29) is 0 Å². The van der Waals surface area contributed by atoms with Crippen molar-refractivity contribution in [2.75, 3.05) is 26.9 Å². The fourth-order valence-corrected chi connectivity index (χ4v) is 2.54. The minimum Gasteiger partial charge on any atom is -0.409 e. The van der Waals surface area contributed by atoms with Gasteiger partial charge < -0.3 is 14.1 Å². The SMILES string of the molecule is CCCN[SiH](CCOCC)OC. The average Bonchev–Trinajstić information content (AvgIpc) is 2.11. The molecule has 4 heteroatoms. The van der Waals surface area contributed by atoms with Gasteiger partial charge in [0.15, 0.2) is 0 Å². The standard InChI is InChI=1S/C8H21NO2Si/c1-4-6-9-12(10-3)8-7-11-5-2/h9,12H,4-8H2,1-3H3. The molecular weight excluding hydrogens is 170 g/mol. The zero-order chi connectivity index (χ0) is 9.23. The molecule has 0 aliphatic carbocycles. The third kappa shape index (κ3) is 6.79. The molecule has 1 N–H and O–H groups in total. The first kappa shape index (κ1) is 12.1. The third-order valence-electron chi connectivity index (χ3n) is 1.64. The molecule has 0 rings (SSSR count). The second kappa shape index (κ2) is 9.19. The lowest BCUT2D eigenvalue weighted by Gasteiger charge is -2.13. The molecule has 74 valence electrons. The maximum absolute atomic E-state index is 5.35. The molecular formula is C8H21NO2Si. The Morgan fingerprint density at radius 2 is 2.08 bits per heavy atom. The Morgan fingerprint density at radius 1 is 1.33 bits per heavy atom. The van der Waals surface area contributed by atoms with Gasteiger partial charge in [0.1, 0.15) is 0 Å². The summed E-state index contributed by atoms with van der Waals surface area (Å²) in [5.41, 5.74) is 0. The van der Waals surface area contributed by atoms with Crippen LogP contribution in [0.2, 0.25) is 6.04 Å². The van der Waals surface area contributed by atoms with Crippen molar-refractivity contribution in [1.82, 2.24) is 4.98 Å². The lowest BCUT2D eigenvalue weighted by Crippen LogP contribution is -2.37. The van der Waals surface area contributed by atoms with E-state index >= 15 is 0 Å². The van der Waals surface area contributed by atoms with Gasteiger partial charge in [-0.25, -0.2) is 0 Å². The van der Waals surface area contributed by atoms with Crippen LogP contribution in [0.3, 0.4) is 0 Å². The largest absolute Gasteiger partial charge is 0.409 e. The zero-order valence-electron chi connectivity index (χ0n) is 8.43. The second-order valence-corrected chi connectivity index (χ2v) is 5.10. The van der Waals surface area contributed by atoms with Crippen molar-refractivity contribution in [3.05, 3.63) is 0 Å². The average molecular weight is 191 g/mol. The summed E-state index contributed by atoms with van der Waals surface area (Å²) in [6.45, 7) is 6.88. The van der Waals surface area contributed by atoms with E-state index in [1.54, 1.807) is 7.11 Å². The lowest BCUT2D eigenvalue weighted by atomic mass is 10.5. The van der Waals surface area contributed by atoms with Gasteiger partial charge >= 0.3 is 0 Å². The van der Waals surface area contributed by atoms with Crippen LogP contribution in [0.1, 0.15) is 20.3 Å². The molecule has 0 fully saturated rings. The molecule has 1 unspecified atom stereocenters. The Labute approximate surface area is 77.3 Å². The zero-order valence-corrected chi connectivity index (χ0v) is 9.58. The lowest BCUT2D eigenvalue weighted by molar-refractivity contribution is 0.158. The van der Waals surface area contributed by atoms with Crippen LogP contribution in [0.25, 0.3) is 0 Å². The molecule has 12 heavy (non-hydrogen) atoms. The van der Waals surface area contributed by atoms with Crippen LogP contribution < -0.4 is 4.98 Å². The van der Waals surface area contributed by atoms with E-state index in [4.69, 9.17) is 9.16 Å². The first-order valence-corrected chi connectivity index (χ1v) is 6.55. The summed E-state index contributed by atoms with van der Waals surface area (Å²) in [7, 11) is 0.646. The molecule has 0 amide bonds. The van der Waals surface area contributed by atoms with Crippen LogP contribution >= 0.6 is 0 Å². The Hall–Kier alpha value is 0.0969. The van der Waals surface area contributed by atoms with E-state index in [0.717, 1.165) is 25.8 Å². The van der Waals surface area contributed by atoms with Crippen LogP contribution in [0.5, 0.6) is 0 Å². The molecule has 0 aromatic heterocycles. The Kier molecular flexibility index (Phi) is 9.26. The Bertz CT molecular complexity index is 93.1. The van der Waals surface area contributed by atoms with Crippen LogP contribution in [-0.2, 0) is 9.16 Å². The number of nitrogens with one attached hydrogen (secondary N) is 1. The summed E-state index contributed by atoms with van der Waals surface area (Å²) in [5, 5.41) is 0. The minimum atomic E-state index is -1.14. The van der Waals surface area contributed by atoms with Crippen molar-refractivity contribution >= 4 is 9.20 Å². The number of ether oxygens (including phenoxy) is 1. The van der Waals surface area contributed by atoms with Crippen molar-refractivity contribution in [2.45, 2.75) is 26.3 Å². The van der Waals surface area contributed by atoms with Crippen molar-refractivity contribution in [3.63, 3.8) is 0 Å². The van der Waals surface area contributed by atoms with Gasteiger partial charge in [-0.05, 0) is 19.9 Å². The molecule has 0 heterocycles. The first-order chi connectivity index (χ1) is 5.85. The van der Waals surface area contributed by atoms with E-state index in [2.05, 4.69) is 11.9 Å². The normalized spacial score (nSPS) is 13.2. The molecule has 1 atom stereocenters. The number of rotatable bonds is 8. The summed E-state index contributed by atoms with van der Waals surface area (Å²) in [6, 6.07) is 1.06. The van der Waals surface area contributed by atoms with Crippen LogP contribution in [0, 0.1) is 0 Å². The molecule has 0 radical (unpaired) electrons. The van der Waals surface area contributed by atoms with Gasteiger partial charge in [0.2, 0.25) is 0 Å². The minimum absolute atomic E-state index is 0.804. The molecule has 0 aromatic carbocycles. The first-order valence-electron chi connectivity index (χ1n) is 4.69. The molecule has 0 saturated carbocycles. The smallest absolute Gasteiger partial charge is 0.254 e. The summed E-state index contributed by atoms with van der Waals surface area (Å²) < 4.78 is 10.6. The molecule has 0 aliphatic heterocycles. The van der Waals surface area contributed by atoms with Crippen molar-refractivity contribution in [3.8, 4) is 0 Å². The second-order valence-electron chi connectivity index (χ2n) is 2.66. The van der Waals surface area contributed by atoms with Crippen molar-refractivity contribution in [1.29, 1.82) is 0 Å². The molecule has 0 bridgehead atoms. The van der Waals surface area contributed by atoms with Crippen LogP contribution in [-0.4, -0.2) is 36.1 Å². The topological polar surface area (TPSA) is 30.5 Å². The maximum Gasteiger partial charge on any atom is 0.254 e. The predicted molar refractivity (Wildman–Crippen MR) is 53.8 cm³/mol. The summed E-state index contributed by atoms with van der Waals surface area (Å²) in [6.07, 6.45) is 1.17. The molecule has 0 aromatic rings. The van der Waals surface area contributed by atoms with E-state index in [9.17, 15) is 0 Å². The van der Waals surface area contributed by atoms with E-state index in [1.165, 1.54) is 6.42 Å². The number of hydrogen-bond donors (Lipinski definition) is 1. The monoisotopic (exact) mass is 191 g/mol. The summed E-state index contributed by atoms with van der Waals surface area (Å²) in [5.74, 6) is 0. The van der Waals surface area contributed by atoms with Gasteiger partial charge in [0.25, 0.3) is 9.20 Å². The van der Waals surface area contributed by atoms with Gasteiger partial charge in [-0.2, -0.15) is 0 Å². The van der Waals surface area contributed by atoms with Gasteiger partial charge in [-0.3, -0.25) is 0 Å². The van der Waals surface area contributed by atoms with E-state index in [0.29, 0.717) is 0 Å². The summed E-state index contributed by atoms with van der Waals surface area (Å²) >= 11 is 0. The molecule has 0 saturated heterocycles. The fourth-order valence-electron chi connectivity index (χ4n) is 0.943. The number of hydrogen-bond acceptors (Lipinski definition) is 3. The highest BCUT2D eigenvalue weighted by Crippen LogP contribution is 1.91. The summed E-state index contributed by atoms with van der Waals surface area (Å²) in [4.78, 5) is 3.41. The van der Waals surface area contributed by atoms with Crippen molar-refractivity contribution in [2.24, 2.45) is 0 Å². The highest BCUT2D eigenvalue weighted by Gasteiger charge is 2.07. The Morgan fingerprint density at radius 3 is 2.58 bits per heavy atom. The molecule has 3 nitrogen and oxygen atoms in total. The van der Waals surface area contributed by atoms with Gasteiger partial charge in [-0.1, -0.05) is 6.92 Å². The highest BCUT2D eigenvalue weighted by atomic mass is 28.3. The van der Waals surface area contributed by atoms with E-state index in [1.807, 2.05) is 6.92 Å². The van der Waals surface area contributed by atoms with Gasteiger partial charge in [-0.15, -0.1) is 0 Å². The van der Waals surface area contributed by atoms with Crippen LogP contribution in [0.15, 0.2) is 0 Å². The Balaban J connectivity index is 3.26.